The fraction of sp³-hybridized carbons (Fsp3) is 0.375. The molecular formula is C16H19N5O. The zero-order chi connectivity index (χ0) is 15.5. The summed E-state index contributed by atoms with van der Waals surface area (Å²) in [6.45, 7) is 5.03. The molecule has 6 heteroatoms. The lowest BCUT2D eigenvalue weighted by atomic mass is 10.1. The molecule has 114 valence electrons. The maximum atomic E-state index is 11.5. The van der Waals surface area contributed by atoms with Crippen LogP contribution in [0, 0.1) is 6.92 Å². The third-order valence-electron chi connectivity index (χ3n) is 3.79. The number of nitrogens with one attached hydrogen (secondary N) is 1. The van der Waals surface area contributed by atoms with Crippen molar-refractivity contribution < 1.29 is 4.79 Å². The first kappa shape index (κ1) is 14.4. The average Bonchev–Trinajstić information content (AvgIpc) is 2.98. The van der Waals surface area contributed by atoms with Gasteiger partial charge in [0.05, 0.1) is 0 Å². The molecule has 1 atom stereocenters. The molecular weight excluding hydrogens is 278 g/mol. The fourth-order valence-corrected chi connectivity index (χ4v) is 2.66. The molecule has 0 aromatic carbocycles. The minimum Gasteiger partial charge on any atom is -0.342 e. The number of hydrogen-bond donors (Lipinski definition) is 1. The smallest absolute Gasteiger partial charge is 0.219 e. The third-order valence-corrected chi connectivity index (χ3v) is 3.79. The summed E-state index contributed by atoms with van der Waals surface area (Å²) < 4.78 is 0. The molecule has 0 bridgehead atoms. The predicted molar refractivity (Wildman–Crippen MR) is 83.9 cm³/mol. The number of carbonyl (C=O) groups is 1. The number of pyridine rings is 1. The second-order valence-corrected chi connectivity index (χ2v) is 5.54. The standard InChI is InChI=1S/C16H19N5O/c1-11-9-15(19-14-5-3-4-7-17-14)20-16(18-11)13-6-8-21(10-13)12(2)22/h3-5,7,9,13H,6,8,10H2,1-2H3,(H,17,18,19,20). The first-order chi connectivity index (χ1) is 10.6. The number of aryl methyl sites for hydroxylation is 1. The van der Waals surface area contributed by atoms with E-state index < -0.39 is 0 Å². The molecule has 0 radical (unpaired) electrons. The largest absolute Gasteiger partial charge is 0.342 e. The second kappa shape index (κ2) is 6.09. The number of likely N-dealkylation sites (tertiary alicyclic amines) is 1. The summed E-state index contributed by atoms with van der Waals surface area (Å²) in [5, 5.41) is 3.20. The van der Waals surface area contributed by atoms with Crippen LogP contribution in [0.2, 0.25) is 0 Å². The molecule has 22 heavy (non-hydrogen) atoms. The summed E-state index contributed by atoms with van der Waals surface area (Å²) in [6.07, 6.45) is 2.64. The highest BCUT2D eigenvalue weighted by Crippen LogP contribution is 2.26. The molecule has 6 nitrogen and oxygen atoms in total. The Balaban J connectivity index is 1.80. The van der Waals surface area contributed by atoms with Crippen LogP contribution in [-0.4, -0.2) is 38.8 Å². The normalized spacial score (nSPS) is 17.5. The van der Waals surface area contributed by atoms with Crippen LogP contribution in [0.25, 0.3) is 0 Å². The molecule has 1 amide bonds. The van der Waals surface area contributed by atoms with E-state index in [2.05, 4.69) is 20.3 Å². The van der Waals surface area contributed by atoms with Crippen molar-refractivity contribution in [2.24, 2.45) is 0 Å². The zero-order valence-electron chi connectivity index (χ0n) is 12.8. The molecule has 1 N–H and O–H groups in total. The second-order valence-electron chi connectivity index (χ2n) is 5.54. The first-order valence-electron chi connectivity index (χ1n) is 7.41. The highest BCUT2D eigenvalue weighted by atomic mass is 16.2. The van der Waals surface area contributed by atoms with Crippen molar-refractivity contribution in [3.05, 3.63) is 42.0 Å². The molecule has 0 saturated carbocycles. The average molecular weight is 297 g/mol. The van der Waals surface area contributed by atoms with Crippen LogP contribution in [0.1, 0.15) is 30.8 Å². The number of hydrogen-bond acceptors (Lipinski definition) is 5. The van der Waals surface area contributed by atoms with E-state index in [9.17, 15) is 4.79 Å². The van der Waals surface area contributed by atoms with Gasteiger partial charge in [0.15, 0.2) is 0 Å². The summed E-state index contributed by atoms with van der Waals surface area (Å²) in [5.41, 5.74) is 0.907. The number of nitrogens with zero attached hydrogens (tertiary/aromatic N) is 4. The van der Waals surface area contributed by atoms with E-state index in [1.807, 2.05) is 36.1 Å². The predicted octanol–water partition coefficient (Wildman–Crippen LogP) is 2.26. The molecule has 3 heterocycles. The van der Waals surface area contributed by atoms with Crippen LogP contribution >= 0.6 is 0 Å². The minimum absolute atomic E-state index is 0.113. The first-order valence-corrected chi connectivity index (χ1v) is 7.41. The van der Waals surface area contributed by atoms with Crippen molar-refractivity contribution in [3.63, 3.8) is 0 Å². The number of anilines is 2. The molecule has 0 aliphatic carbocycles. The Labute approximate surface area is 129 Å². The van der Waals surface area contributed by atoms with Crippen molar-refractivity contribution in [1.29, 1.82) is 0 Å². The van der Waals surface area contributed by atoms with Gasteiger partial charge in [-0.05, 0) is 25.5 Å². The van der Waals surface area contributed by atoms with Gasteiger partial charge in [-0.15, -0.1) is 0 Å². The minimum atomic E-state index is 0.113. The summed E-state index contributed by atoms with van der Waals surface area (Å²) in [4.78, 5) is 26.7. The quantitative estimate of drug-likeness (QED) is 0.941. The summed E-state index contributed by atoms with van der Waals surface area (Å²) in [5.74, 6) is 2.60. The fourth-order valence-electron chi connectivity index (χ4n) is 2.66. The van der Waals surface area contributed by atoms with Gasteiger partial charge in [0.2, 0.25) is 5.91 Å². The van der Waals surface area contributed by atoms with Gasteiger partial charge < -0.3 is 10.2 Å². The Morgan fingerprint density at radius 2 is 2.18 bits per heavy atom. The van der Waals surface area contributed by atoms with Crippen molar-refractivity contribution >= 4 is 17.5 Å². The van der Waals surface area contributed by atoms with Gasteiger partial charge in [-0.3, -0.25) is 4.79 Å². The Bertz CT molecular complexity index is 673. The van der Waals surface area contributed by atoms with Gasteiger partial charge in [0.1, 0.15) is 17.5 Å². The lowest BCUT2D eigenvalue weighted by Crippen LogP contribution is -2.25. The maximum Gasteiger partial charge on any atom is 0.219 e. The number of rotatable bonds is 3. The Hall–Kier alpha value is -2.50. The lowest BCUT2D eigenvalue weighted by Gasteiger charge is -2.14. The van der Waals surface area contributed by atoms with Crippen LogP contribution in [0.5, 0.6) is 0 Å². The van der Waals surface area contributed by atoms with Gasteiger partial charge in [-0.2, -0.15) is 0 Å². The van der Waals surface area contributed by atoms with Crippen LogP contribution < -0.4 is 5.32 Å². The lowest BCUT2D eigenvalue weighted by molar-refractivity contribution is -0.127. The van der Waals surface area contributed by atoms with Crippen molar-refractivity contribution in [2.45, 2.75) is 26.2 Å². The van der Waals surface area contributed by atoms with Gasteiger partial charge >= 0.3 is 0 Å². The molecule has 3 rings (SSSR count). The van der Waals surface area contributed by atoms with Crippen molar-refractivity contribution in [3.8, 4) is 0 Å². The summed E-state index contributed by atoms with van der Waals surface area (Å²) in [6, 6.07) is 7.59. The Kier molecular flexibility index (Phi) is 4.00. The maximum absolute atomic E-state index is 11.5. The van der Waals surface area contributed by atoms with Crippen LogP contribution in [0.4, 0.5) is 11.6 Å². The van der Waals surface area contributed by atoms with Crippen LogP contribution in [-0.2, 0) is 4.79 Å². The molecule has 1 saturated heterocycles. The number of amides is 1. The summed E-state index contributed by atoms with van der Waals surface area (Å²) in [7, 11) is 0. The molecule has 0 spiro atoms. The van der Waals surface area contributed by atoms with E-state index in [1.54, 1.807) is 13.1 Å². The van der Waals surface area contributed by atoms with Crippen molar-refractivity contribution in [2.75, 3.05) is 18.4 Å². The molecule has 1 fully saturated rings. The topological polar surface area (TPSA) is 71.0 Å². The Morgan fingerprint density at radius 3 is 2.86 bits per heavy atom. The van der Waals surface area contributed by atoms with Crippen LogP contribution in [0.15, 0.2) is 30.5 Å². The molecule has 1 unspecified atom stereocenters. The van der Waals surface area contributed by atoms with Gasteiger partial charge in [0, 0.05) is 43.9 Å². The molecule has 1 aliphatic heterocycles. The molecule has 2 aromatic rings. The Morgan fingerprint density at radius 1 is 1.32 bits per heavy atom. The SMILES string of the molecule is CC(=O)N1CCC(c2nc(C)cc(Nc3ccccn3)n2)C1. The highest BCUT2D eigenvalue weighted by molar-refractivity contribution is 5.73. The van der Waals surface area contributed by atoms with Crippen molar-refractivity contribution in [1.82, 2.24) is 19.9 Å². The molecule has 1 aliphatic rings. The monoisotopic (exact) mass is 297 g/mol. The van der Waals surface area contributed by atoms with E-state index in [1.165, 1.54) is 0 Å². The van der Waals surface area contributed by atoms with E-state index in [4.69, 9.17) is 0 Å². The molecule has 2 aromatic heterocycles. The van der Waals surface area contributed by atoms with Crippen LogP contribution in [0.3, 0.4) is 0 Å². The summed E-state index contributed by atoms with van der Waals surface area (Å²) >= 11 is 0. The van der Waals surface area contributed by atoms with Gasteiger partial charge in [0.25, 0.3) is 0 Å². The zero-order valence-corrected chi connectivity index (χ0v) is 12.8. The van der Waals surface area contributed by atoms with E-state index in [0.29, 0.717) is 6.54 Å². The van der Waals surface area contributed by atoms with Gasteiger partial charge in [-0.1, -0.05) is 6.07 Å². The third kappa shape index (κ3) is 3.21. The van der Waals surface area contributed by atoms with Gasteiger partial charge in [-0.25, -0.2) is 15.0 Å². The number of carbonyl (C=O) groups excluding carboxylic acids is 1. The highest BCUT2D eigenvalue weighted by Gasteiger charge is 2.27. The van der Waals surface area contributed by atoms with E-state index in [-0.39, 0.29) is 11.8 Å². The van der Waals surface area contributed by atoms with E-state index in [0.717, 1.165) is 36.1 Å². The number of aromatic nitrogens is 3. The van der Waals surface area contributed by atoms with E-state index >= 15 is 0 Å².